The van der Waals surface area contributed by atoms with Crippen molar-refractivity contribution in [1.29, 1.82) is 0 Å². The molecule has 4 heterocycles. The fourth-order valence-corrected chi connectivity index (χ4v) is 9.33. The van der Waals surface area contributed by atoms with Crippen LogP contribution >= 0.6 is 35.2 Å². The molecule has 3 fully saturated rings. The van der Waals surface area contributed by atoms with Gasteiger partial charge in [-0.1, -0.05) is 6.42 Å². The van der Waals surface area contributed by atoms with E-state index in [1.165, 1.54) is 0 Å². The summed E-state index contributed by atoms with van der Waals surface area (Å²) < 4.78 is 58.7. The Labute approximate surface area is 246 Å². The van der Waals surface area contributed by atoms with Crippen molar-refractivity contribution >= 4 is 47.2 Å². The fraction of sp³-hybridized carbons (Fsp3) is 0.684. The van der Waals surface area contributed by atoms with Gasteiger partial charge in [-0.25, -0.2) is 23.3 Å². The number of carbonyl (C=O) groups excluding carboxylic acids is 2. The third kappa shape index (κ3) is 9.81. The minimum absolute atomic E-state index is 0.0154. The average molecular weight is 694 g/mol. The number of aromatic amines is 1. The second kappa shape index (κ2) is 13.6. The summed E-state index contributed by atoms with van der Waals surface area (Å²) in [5.41, 5.74) is -1.55. The molecular weight excluding hydrogens is 665 g/mol. The number of fused-ring (bicyclic) bond motifs is 1. The van der Waals surface area contributed by atoms with Crippen LogP contribution in [0.2, 0.25) is 0 Å². The summed E-state index contributed by atoms with van der Waals surface area (Å²) in [6.45, 7) is -0.919. The van der Waals surface area contributed by atoms with Crippen molar-refractivity contribution in [2.45, 2.75) is 67.9 Å². The number of carbonyl (C=O) groups is 2. The first-order valence-corrected chi connectivity index (χ1v) is 18.2. The molecule has 5 unspecified atom stereocenters. The van der Waals surface area contributed by atoms with Gasteiger partial charge >= 0.3 is 41.2 Å². The highest BCUT2D eigenvalue weighted by atomic mass is 32.2. The Morgan fingerprint density at radius 3 is 2.51 bits per heavy atom. The van der Waals surface area contributed by atoms with Crippen molar-refractivity contribution in [3.8, 4) is 0 Å². The number of nitrogens with zero attached hydrogens (tertiary/aromatic N) is 1. The maximum Gasteiger partial charge on any atom is 0.490 e. The lowest BCUT2D eigenvalue weighted by Crippen LogP contribution is -2.36. The Kier molecular flexibility index (Phi) is 10.8. The molecule has 0 saturated carbocycles. The lowest BCUT2D eigenvalue weighted by atomic mass is 10.0. The van der Waals surface area contributed by atoms with Gasteiger partial charge in [-0.2, -0.15) is 20.4 Å². The zero-order valence-corrected chi connectivity index (χ0v) is 25.5. The van der Waals surface area contributed by atoms with Gasteiger partial charge in [-0.15, -0.1) is 0 Å². The Bertz CT molecular complexity index is 1470. The van der Waals surface area contributed by atoms with Crippen molar-refractivity contribution in [2.75, 3.05) is 12.4 Å². The highest BCUT2D eigenvalue weighted by Gasteiger charge is 2.45. The minimum atomic E-state index is -5.77. The number of hydrogen-bond acceptors (Lipinski definition) is 13. The third-order valence-electron chi connectivity index (χ3n) is 6.50. The van der Waals surface area contributed by atoms with Crippen LogP contribution in [0.3, 0.4) is 0 Å². The first-order valence-electron chi connectivity index (χ1n) is 12.6. The maximum absolute atomic E-state index is 12.6. The molecule has 0 spiro atoms. The molecule has 0 radical (unpaired) electrons. The van der Waals surface area contributed by atoms with Crippen molar-refractivity contribution in [1.82, 2.24) is 20.2 Å². The van der Waals surface area contributed by atoms with E-state index >= 15 is 0 Å². The molecule has 24 heteroatoms. The largest absolute Gasteiger partial charge is 0.490 e. The number of thioether (sulfide) groups is 1. The molecule has 1 aromatic rings. The molecule has 3 saturated heterocycles. The van der Waals surface area contributed by atoms with Gasteiger partial charge in [0.15, 0.2) is 0 Å². The molecule has 20 nitrogen and oxygen atoms in total. The van der Waals surface area contributed by atoms with Gasteiger partial charge < -0.3 is 39.7 Å². The van der Waals surface area contributed by atoms with Crippen LogP contribution in [0.25, 0.3) is 0 Å². The topological polar surface area (TPSA) is 291 Å². The number of urea groups is 1. The summed E-state index contributed by atoms with van der Waals surface area (Å²) in [6, 6.07) is 0.916. The van der Waals surface area contributed by atoms with E-state index in [0.717, 1.165) is 29.0 Å². The molecule has 2 amide bonds. The van der Waals surface area contributed by atoms with E-state index in [1.54, 1.807) is 11.8 Å². The first-order chi connectivity index (χ1) is 20.0. The van der Waals surface area contributed by atoms with Gasteiger partial charge in [-0.05, 0) is 12.8 Å². The summed E-state index contributed by atoms with van der Waals surface area (Å²) in [5, 5.41) is 5.93. The van der Waals surface area contributed by atoms with Crippen molar-refractivity contribution in [3.63, 3.8) is 0 Å². The summed E-state index contributed by atoms with van der Waals surface area (Å²) in [5.74, 6) is 0.123. The predicted molar refractivity (Wildman–Crippen MR) is 144 cm³/mol. The second-order valence-electron chi connectivity index (χ2n) is 9.67. The summed E-state index contributed by atoms with van der Waals surface area (Å²) >= 11 is 1.73. The molecule has 1 aromatic heterocycles. The number of rotatable bonds is 14. The normalized spacial score (nSPS) is 29.7. The second-order valence-corrected chi connectivity index (χ2v) is 15.4. The standard InChI is InChI=1S/C19H29N4O16P3S/c24-14-5-6-23(19(27)21-14)15-7-11(12(36-15)8-35-41(31,32)39-42(33,34)38-40(28,29)30)37-16(25)4-2-1-3-13-17-10(9-43-13)20-18(26)22-17/h5-6,10-13,15,17H,1-4,7-9H2,(H,31,32)(H,33,34)(H2,20,22,26)(H,21,24,27)(H2,28,29,30)/t10?,11-,12+,13?,15+,17?/m0/s1. The first kappa shape index (κ1) is 34.0. The van der Waals surface area contributed by atoms with E-state index in [-0.39, 0.29) is 36.2 Å². The Morgan fingerprint density at radius 1 is 1.07 bits per heavy atom. The van der Waals surface area contributed by atoms with Crippen molar-refractivity contribution < 1.29 is 65.5 Å². The van der Waals surface area contributed by atoms with E-state index in [9.17, 15) is 42.7 Å². The number of hydrogen-bond donors (Lipinski definition) is 7. The van der Waals surface area contributed by atoms with Crippen LogP contribution in [0.1, 0.15) is 38.3 Å². The zero-order chi connectivity index (χ0) is 31.6. The van der Waals surface area contributed by atoms with Crippen molar-refractivity contribution in [2.24, 2.45) is 0 Å². The number of H-pyrrole nitrogens is 1. The molecule has 4 rings (SSSR count). The van der Waals surface area contributed by atoms with Gasteiger partial charge in [-0.3, -0.25) is 23.7 Å². The SMILES string of the molecule is O=C1NC2CSC(CCCCC(=O)O[C@H]3C[C@H](n4ccc(=O)[nH]c4=O)O[C@@H]3COP(=O)(O)OP(=O)(O)OP(=O)(O)O)C2N1. The highest BCUT2D eigenvalue weighted by Crippen LogP contribution is 2.66. The maximum atomic E-state index is 12.6. The van der Waals surface area contributed by atoms with Gasteiger partial charge in [0, 0.05) is 36.1 Å². The minimum Gasteiger partial charge on any atom is -0.459 e. The average Bonchev–Trinajstić information content (AvgIpc) is 3.53. The molecule has 43 heavy (non-hydrogen) atoms. The number of amides is 2. The molecule has 0 aliphatic carbocycles. The number of nitrogens with one attached hydrogen (secondary N) is 3. The van der Waals surface area contributed by atoms with Gasteiger partial charge in [0.1, 0.15) is 18.4 Å². The van der Waals surface area contributed by atoms with Crippen LogP contribution in [0.15, 0.2) is 21.9 Å². The number of unbranched alkanes of at least 4 members (excludes halogenated alkanes) is 1. The Morgan fingerprint density at radius 2 is 1.81 bits per heavy atom. The van der Waals surface area contributed by atoms with Crippen molar-refractivity contribution in [3.05, 3.63) is 33.1 Å². The van der Waals surface area contributed by atoms with Crippen LogP contribution in [0.5, 0.6) is 0 Å². The van der Waals surface area contributed by atoms with Crippen LogP contribution in [-0.4, -0.2) is 83.0 Å². The molecule has 0 aromatic carbocycles. The molecule has 3 aliphatic rings. The van der Waals surface area contributed by atoms with E-state index in [1.807, 2.05) is 4.98 Å². The number of phosphoric acid groups is 3. The summed E-state index contributed by atoms with van der Waals surface area (Å²) in [6.07, 6.45) is -0.891. The lowest BCUT2D eigenvalue weighted by molar-refractivity contribution is -0.153. The predicted octanol–water partition coefficient (Wildman–Crippen LogP) is -0.195. The Balaban J connectivity index is 1.34. The quantitative estimate of drug-likeness (QED) is 0.0574. The smallest absolute Gasteiger partial charge is 0.459 e. The number of ether oxygens (including phenoxy) is 2. The summed E-state index contributed by atoms with van der Waals surface area (Å²) in [7, 11) is -16.9. The van der Waals surface area contributed by atoms with Crippen LogP contribution < -0.4 is 21.9 Å². The summed E-state index contributed by atoms with van der Waals surface area (Å²) in [4.78, 5) is 86.3. The number of aromatic nitrogens is 2. The molecule has 242 valence electrons. The fourth-order valence-electron chi connectivity index (χ4n) is 4.76. The molecule has 7 N–H and O–H groups in total. The Hall–Kier alpha value is -1.86. The zero-order valence-electron chi connectivity index (χ0n) is 22.0. The van der Waals surface area contributed by atoms with E-state index < -0.39 is 65.7 Å². The number of phosphoric ester groups is 1. The monoisotopic (exact) mass is 694 g/mol. The van der Waals surface area contributed by atoms with E-state index in [2.05, 4.69) is 23.8 Å². The van der Waals surface area contributed by atoms with Crippen LogP contribution in [-0.2, 0) is 41.1 Å². The number of esters is 1. The van der Waals surface area contributed by atoms with Crippen LogP contribution in [0.4, 0.5) is 4.79 Å². The lowest BCUT2D eigenvalue weighted by Gasteiger charge is -2.21. The molecular formula is C19H29N4O16P3S. The molecule has 8 atom stereocenters. The molecule has 0 bridgehead atoms. The van der Waals surface area contributed by atoms with Crippen LogP contribution in [0, 0.1) is 0 Å². The third-order valence-corrected chi connectivity index (χ3v) is 11.8. The van der Waals surface area contributed by atoms with Gasteiger partial charge in [0.05, 0.1) is 18.7 Å². The molecule has 3 aliphatic heterocycles. The van der Waals surface area contributed by atoms with Gasteiger partial charge in [0.25, 0.3) is 5.56 Å². The van der Waals surface area contributed by atoms with Gasteiger partial charge in [0.2, 0.25) is 0 Å². The van der Waals surface area contributed by atoms with E-state index in [4.69, 9.17) is 19.3 Å². The van der Waals surface area contributed by atoms with E-state index in [0.29, 0.717) is 12.8 Å². The highest BCUT2D eigenvalue weighted by molar-refractivity contribution is 8.00.